The number of nitrogens with two attached hydrogens (primary N) is 1. The van der Waals surface area contributed by atoms with Gasteiger partial charge in [0.15, 0.2) is 0 Å². The summed E-state index contributed by atoms with van der Waals surface area (Å²) in [7, 11) is -3.83. The van der Waals surface area contributed by atoms with Crippen LogP contribution in [0.1, 0.15) is 21.7 Å². The molecule has 0 bridgehead atoms. The Hall–Kier alpha value is -2.12. The predicted molar refractivity (Wildman–Crippen MR) is 72.4 cm³/mol. The molecule has 3 N–H and O–H groups in total. The molecule has 2 aromatic rings. The Morgan fingerprint density at radius 1 is 1.35 bits per heavy atom. The van der Waals surface area contributed by atoms with E-state index in [1.54, 1.807) is 25.1 Å². The number of carbonyl (C=O) groups is 1. The molecule has 2 rings (SSSR count). The number of rotatable bonds is 4. The van der Waals surface area contributed by atoms with E-state index in [4.69, 9.17) is 9.56 Å². The minimum Gasteiger partial charge on any atom is -0.467 e. The van der Waals surface area contributed by atoms with Crippen LogP contribution in [0.2, 0.25) is 0 Å². The lowest BCUT2D eigenvalue weighted by molar-refractivity contribution is 0.0947. The molecule has 0 radical (unpaired) electrons. The minimum absolute atomic E-state index is 0.0914. The molecule has 0 aliphatic carbocycles. The average molecular weight is 294 g/mol. The first-order chi connectivity index (χ1) is 9.38. The Bertz CT molecular complexity index is 721. The molecule has 0 unspecified atom stereocenters. The standard InChI is InChI=1S/C13H14N2O4S/c1-9-4-5-11(20(14,17)18)7-12(9)13(16)15-8-10-3-2-6-19-10/h2-7H,8H2,1H3,(H,15,16)(H2,14,17,18). The molecule has 0 aliphatic heterocycles. The van der Waals surface area contributed by atoms with Crippen molar-refractivity contribution in [2.75, 3.05) is 0 Å². The van der Waals surface area contributed by atoms with Gasteiger partial charge in [-0.1, -0.05) is 6.07 Å². The van der Waals surface area contributed by atoms with Gasteiger partial charge in [-0.05, 0) is 36.8 Å². The number of primary sulfonamides is 1. The summed E-state index contributed by atoms with van der Waals surface area (Å²) in [6.07, 6.45) is 1.51. The molecule has 1 aromatic carbocycles. The van der Waals surface area contributed by atoms with Gasteiger partial charge < -0.3 is 9.73 Å². The second-order valence-corrected chi connectivity index (χ2v) is 5.85. The fourth-order valence-electron chi connectivity index (χ4n) is 1.70. The maximum atomic E-state index is 12.1. The van der Waals surface area contributed by atoms with Crippen LogP contribution in [0.4, 0.5) is 0 Å². The Morgan fingerprint density at radius 3 is 2.70 bits per heavy atom. The molecule has 0 spiro atoms. The van der Waals surface area contributed by atoms with E-state index in [0.717, 1.165) is 0 Å². The third-order valence-corrected chi connectivity index (χ3v) is 3.70. The zero-order valence-corrected chi connectivity index (χ0v) is 11.6. The Morgan fingerprint density at radius 2 is 2.10 bits per heavy atom. The topological polar surface area (TPSA) is 102 Å². The van der Waals surface area contributed by atoms with Crippen LogP contribution >= 0.6 is 0 Å². The van der Waals surface area contributed by atoms with Gasteiger partial charge in [-0.3, -0.25) is 4.79 Å². The van der Waals surface area contributed by atoms with Crippen LogP contribution in [0.5, 0.6) is 0 Å². The molecule has 1 amide bonds. The highest BCUT2D eigenvalue weighted by molar-refractivity contribution is 7.89. The first-order valence-corrected chi connectivity index (χ1v) is 7.36. The van der Waals surface area contributed by atoms with Gasteiger partial charge in [0, 0.05) is 5.56 Å². The highest BCUT2D eigenvalue weighted by Crippen LogP contribution is 2.14. The van der Waals surface area contributed by atoms with Crippen molar-refractivity contribution in [2.45, 2.75) is 18.4 Å². The van der Waals surface area contributed by atoms with E-state index in [-0.39, 0.29) is 22.9 Å². The van der Waals surface area contributed by atoms with E-state index in [2.05, 4.69) is 5.32 Å². The SMILES string of the molecule is Cc1ccc(S(N)(=O)=O)cc1C(=O)NCc1ccco1. The van der Waals surface area contributed by atoms with Crippen LogP contribution in [-0.2, 0) is 16.6 Å². The van der Waals surface area contributed by atoms with Crippen molar-refractivity contribution in [1.82, 2.24) is 5.32 Å². The van der Waals surface area contributed by atoms with Crippen molar-refractivity contribution in [3.05, 3.63) is 53.5 Å². The number of aryl methyl sites for hydroxylation is 1. The summed E-state index contributed by atoms with van der Waals surface area (Å²) in [5.74, 6) is 0.225. The number of hydrogen-bond acceptors (Lipinski definition) is 4. The summed E-state index contributed by atoms with van der Waals surface area (Å²) in [5, 5.41) is 7.71. The maximum Gasteiger partial charge on any atom is 0.251 e. The van der Waals surface area contributed by atoms with Gasteiger partial charge in [-0.15, -0.1) is 0 Å². The molecule has 1 heterocycles. The molecule has 0 aliphatic rings. The number of carbonyl (C=O) groups excluding carboxylic acids is 1. The summed E-state index contributed by atoms with van der Waals surface area (Å²) in [4.78, 5) is 12.0. The second kappa shape index (κ2) is 5.48. The first kappa shape index (κ1) is 14.3. The molecule has 20 heavy (non-hydrogen) atoms. The molecule has 0 fully saturated rings. The minimum atomic E-state index is -3.83. The molecular formula is C13H14N2O4S. The van der Waals surface area contributed by atoms with E-state index in [9.17, 15) is 13.2 Å². The van der Waals surface area contributed by atoms with Crippen molar-refractivity contribution >= 4 is 15.9 Å². The zero-order valence-electron chi connectivity index (χ0n) is 10.8. The van der Waals surface area contributed by atoms with Gasteiger partial charge in [-0.25, -0.2) is 13.6 Å². The summed E-state index contributed by atoms with van der Waals surface area (Å²) >= 11 is 0. The van der Waals surface area contributed by atoms with Gasteiger partial charge in [-0.2, -0.15) is 0 Å². The van der Waals surface area contributed by atoms with Gasteiger partial charge in [0.2, 0.25) is 10.0 Å². The van der Waals surface area contributed by atoms with Crippen LogP contribution in [0, 0.1) is 6.92 Å². The Balaban J connectivity index is 2.21. The predicted octanol–water partition coefficient (Wildman–Crippen LogP) is 1.17. The van der Waals surface area contributed by atoms with Crippen molar-refractivity contribution in [2.24, 2.45) is 5.14 Å². The van der Waals surface area contributed by atoms with Gasteiger partial charge in [0.05, 0.1) is 17.7 Å². The lowest BCUT2D eigenvalue weighted by atomic mass is 10.1. The van der Waals surface area contributed by atoms with Crippen molar-refractivity contribution < 1.29 is 17.6 Å². The van der Waals surface area contributed by atoms with E-state index >= 15 is 0 Å². The largest absolute Gasteiger partial charge is 0.467 e. The van der Waals surface area contributed by atoms with Crippen LogP contribution in [0.15, 0.2) is 45.9 Å². The van der Waals surface area contributed by atoms with Crippen LogP contribution in [0.25, 0.3) is 0 Å². The summed E-state index contributed by atoms with van der Waals surface area (Å²) < 4.78 is 27.7. The fourth-order valence-corrected chi connectivity index (χ4v) is 2.24. The fraction of sp³-hybridized carbons (Fsp3) is 0.154. The van der Waals surface area contributed by atoms with Crippen molar-refractivity contribution in [3.63, 3.8) is 0 Å². The lowest BCUT2D eigenvalue weighted by Crippen LogP contribution is -2.24. The summed E-state index contributed by atoms with van der Waals surface area (Å²) in [5.41, 5.74) is 0.928. The van der Waals surface area contributed by atoms with Gasteiger partial charge >= 0.3 is 0 Å². The number of nitrogens with one attached hydrogen (secondary N) is 1. The molecule has 0 saturated carbocycles. The lowest BCUT2D eigenvalue weighted by Gasteiger charge is -2.08. The van der Waals surface area contributed by atoms with Crippen LogP contribution in [0.3, 0.4) is 0 Å². The summed E-state index contributed by atoms with van der Waals surface area (Å²) in [6, 6.07) is 7.62. The number of amides is 1. The second-order valence-electron chi connectivity index (χ2n) is 4.28. The molecule has 7 heteroatoms. The number of benzene rings is 1. The molecule has 0 saturated heterocycles. The van der Waals surface area contributed by atoms with E-state index in [0.29, 0.717) is 11.3 Å². The monoisotopic (exact) mass is 294 g/mol. The summed E-state index contributed by atoms with van der Waals surface area (Å²) in [6.45, 7) is 1.94. The Kier molecular flexibility index (Phi) is 3.91. The highest BCUT2D eigenvalue weighted by atomic mass is 32.2. The first-order valence-electron chi connectivity index (χ1n) is 5.82. The van der Waals surface area contributed by atoms with Gasteiger partial charge in [0.1, 0.15) is 5.76 Å². The third kappa shape index (κ3) is 3.25. The normalized spacial score (nSPS) is 11.3. The zero-order chi connectivity index (χ0) is 14.8. The maximum absolute atomic E-state index is 12.1. The number of furan rings is 1. The molecular weight excluding hydrogens is 280 g/mol. The molecule has 6 nitrogen and oxygen atoms in total. The van der Waals surface area contributed by atoms with Crippen LogP contribution < -0.4 is 10.5 Å². The van der Waals surface area contributed by atoms with Crippen molar-refractivity contribution in [1.29, 1.82) is 0 Å². The van der Waals surface area contributed by atoms with Crippen molar-refractivity contribution in [3.8, 4) is 0 Å². The smallest absolute Gasteiger partial charge is 0.251 e. The Labute approximate surface area is 116 Å². The van der Waals surface area contributed by atoms with Crippen LogP contribution in [-0.4, -0.2) is 14.3 Å². The average Bonchev–Trinajstić information content (AvgIpc) is 2.88. The van der Waals surface area contributed by atoms with E-state index < -0.39 is 10.0 Å². The molecule has 106 valence electrons. The van der Waals surface area contributed by atoms with E-state index in [1.807, 2.05) is 0 Å². The van der Waals surface area contributed by atoms with Gasteiger partial charge in [0.25, 0.3) is 5.91 Å². The molecule has 0 atom stereocenters. The third-order valence-electron chi connectivity index (χ3n) is 2.79. The number of sulfonamides is 1. The van der Waals surface area contributed by atoms with E-state index in [1.165, 1.54) is 18.4 Å². The number of hydrogen-bond donors (Lipinski definition) is 2. The highest BCUT2D eigenvalue weighted by Gasteiger charge is 2.14. The molecule has 1 aromatic heterocycles. The quantitative estimate of drug-likeness (QED) is 0.883.